The van der Waals surface area contributed by atoms with E-state index >= 15 is 0 Å². The third-order valence-electron chi connectivity index (χ3n) is 3.27. The Morgan fingerprint density at radius 2 is 1.77 bits per heavy atom. The molecule has 0 aliphatic heterocycles. The number of hydrogen-bond donors (Lipinski definition) is 0. The van der Waals surface area contributed by atoms with Gasteiger partial charge in [-0.3, -0.25) is 4.99 Å². The van der Waals surface area contributed by atoms with Crippen molar-refractivity contribution >= 4 is 28.6 Å². The largest absolute Gasteiger partial charge is 0.280 e. The van der Waals surface area contributed by atoms with Gasteiger partial charge in [-0.2, -0.15) is 0 Å². The first kappa shape index (κ1) is 14.4. The second-order valence-corrected chi connectivity index (χ2v) is 5.29. The maximum Gasteiger partial charge on any atom is 0.100 e. The van der Waals surface area contributed by atoms with Crippen LogP contribution in [0.1, 0.15) is 11.1 Å². The predicted molar refractivity (Wildman–Crippen MR) is 94.7 cm³/mol. The van der Waals surface area contributed by atoms with E-state index in [0.29, 0.717) is 11.6 Å². The van der Waals surface area contributed by atoms with Gasteiger partial charge in [-0.25, -0.2) is 0 Å². The lowest BCUT2D eigenvalue weighted by molar-refractivity contribution is 1.30. The van der Waals surface area contributed by atoms with Crippen LogP contribution in [0.15, 0.2) is 71.7 Å². The molecule has 0 aliphatic rings. The fraction of sp³-hybridized carbons (Fsp3) is 0.0500. The first-order chi connectivity index (χ1) is 10.8. The third-order valence-corrected chi connectivity index (χ3v) is 3.51. The Bertz CT molecular complexity index is 879. The lowest BCUT2D eigenvalue weighted by Crippen LogP contribution is -1.83. The Kier molecular flexibility index (Phi) is 4.53. The van der Waals surface area contributed by atoms with Crippen LogP contribution in [0.3, 0.4) is 0 Å². The lowest BCUT2D eigenvalue weighted by atomic mass is 10.1. The quantitative estimate of drug-likeness (QED) is 0.468. The van der Waals surface area contributed by atoms with E-state index in [4.69, 9.17) is 11.6 Å². The average molecular weight is 304 g/mol. The average Bonchev–Trinajstić information content (AvgIpc) is 2.55. The molecule has 0 fully saturated rings. The smallest absolute Gasteiger partial charge is 0.100 e. The van der Waals surface area contributed by atoms with Crippen molar-refractivity contribution in [1.82, 2.24) is 0 Å². The van der Waals surface area contributed by atoms with E-state index in [-0.39, 0.29) is 0 Å². The molecule has 1 nitrogen and oxygen atoms in total. The summed E-state index contributed by atoms with van der Waals surface area (Å²) >= 11 is 5.93. The van der Waals surface area contributed by atoms with E-state index in [0.717, 1.165) is 11.1 Å². The van der Waals surface area contributed by atoms with Crippen molar-refractivity contribution < 1.29 is 0 Å². The van der Waals surface area contributed by atoms with Crippen LogP contribution in [0.25, 0.3) is 10.8 Å². The summed E-state index contributed by atoms with van der Waals surface area (Å²) in [6, 6.07) is 22.0. The van der Waals surface area contributed by atoms with Crippen LogP contribution >= 0.6 is 11.6 Å². The maximum atomic E-state index is 5.93. The Labute approximate surface area is 135 Å². The summed E-state index contributed by atoms with van der Waals surface area (Å²) in [6.45, 7) is 0.468. The van der Waals surface area contributed by atoms with Crippen LogP contribution < -0.4 is 0 Å². The van der Waals surface area contributed by atoms with Crippen LogP contribution in [-0.4, -0.2) is 12.8 Å². The summed E-state index contributed by atoms with van der Waals surface area (Å²) in [5.41, 5.74) is 2.02. The van der Waals surface area contributed by atoms with Gasteiger partial charge in [0.05, 0.1) is 0 Å². The molecule has 0 heterocycles. The van der Waals surface area contributed by atoms with E-state index in [1.807, 2.05) is 48.5 Å². The molecule has 0 unspecified atom stereocenters. The molecule has 3 aromatic carbocycles. The van der Waals surface area contributed by atoms with E-state index in [1.165, 1.54) is 10.8 Å². The van der Waals surface area contributed by atoms with Crippen molar-refractivity contribution in [3.63, 3.8) is 0 Å². The highest BCUT2D eigenvalue weighted by molar-refractivity contribution is 6.30. The highest BCUT2D eigenvalue weighted by Crippen LogP contribution is 2.17. The second-order valence-electron chi connectivity index (χ2n) is 4.85. The van der Waals surface area contributed by atoms with Gasteiger partial charge in [0, 0.05) is 16.8 Å². The number of benzene rings is 3. The molecular weight excluding hydrogens is 290 g/mol. The lowest BCUT2D eigenvalue weighted by Gasteiger charge is -1.99. The fourth-order valence-electron chi connectivity index (χ4n) is 2.25. The van der Waals surface area contributed by atoms with Crippen LogP contribution in [0.2, 0.25) is 5.02 Å². The number of nitrogens with zero attached hydrogens (tertiary/aromatic N) is 1. The molecule has 0 amide bonds. The summed E-state index contributed by atoms with van der Waals surface area (Å²) in [7, 11) is 0. The topological polar surface area (TPSA) is 12.4 Å². The summed E-state index contributed by atoms with van der Waals surface area (Å²) in [5, 5.41) is 3.10. The fourth-order valence-corrected chi connectivity index (χ4v) is 2.45. The van der Waals surface area contributed by atoms with Gasteiger partial charge >= 0.3 is 0 Å². The SMILES string of the molecule is Clc1cccc(C=NCC#Cc2cccc3ccccc23)c1. The van der Waals surface area contributed by atoms with Gasteiger partial charge in [0.25, 0.3) is 0 Å². The van der Waals surface area contributed by atoms with Crippen molar-refractivity contribution in [3.8, 4) is 11.8 Å². The van der Waals surface area contributed by atoms with Crippen molar-refractivity contribution in [2.75, 3.05) is 6.54 Å². The number of rotatable bonds is 2. The molecule has 0 spiro atoms. The molecule has 0 saturated carbocycles. The molecule has 3 rings (SSSR count). The number of fused-ring (bicyclic) bond motifs is 1. The van der Waals surface area contributed by atoms with Crippen molar-refractivity contribution in [1.29, 1.82) is 0 Å². The van der Waals surface area contributed by atoms with Gasteiger partial charge in [-0.05, 0) is 34.5 Å². The standard InChI is InChI=1S/C20H14ClN/c21-19-11-3-6-16(14-19)15-22-13-5-10-18-9-4-8-17-7-1-2-12-20(17)18/h1-4,6-9,11-12,14-15H,13H2. The minimum atomic E-state index is 0.468. The molecule has 0 bridgehead atoms. The zero-order valence-electron chi connectivity index (χ0n) is 12.0. The zero-order chi connectivity index (χ0) is 15.2. The number of hydrogen-bond acceptors (Lipinski definition) is 1. The summed E-state index contributed by atoms with van der Waals surface area (Å²) in [6.07, 6.45) is 1.80. The van der Waals surface area contributed by atoms with Gasteiger partial charge in [0.1, 0.15) is 6.54 Å². The first-order valence-electron chi connectivity index (χ1n) is 7.05. The second kappa shape index (κ2) is 6.93. The first-order valence-corrected chi connectivity index (χ1v) is 7.43. The van der Waals surface area contributed by atoms with Crippen molar-refractivity contribution in [3.05, 3.63) is 82.9 Å². The van der Waals surface area contributed by atoms with Crippen molar-refractivity contribution in [2.45, 2.75) is 0 Å². The van der Waals surface area contributed by atoms with Crippen LogP contribution in [0.5, 0.6) is 0 Å². The molecular formula is C20H14ClN. The Morgan fingerprint density at radius 1 is 0.955 bits per heavy atom. The predicted octanol–water partition coefficient (Wildman–Crippen LogP) is 4.96. The van der Waals surface area contributed by atoms with E-state index in [1.54, 1.807) is 6.21 Å². The summed E-state index contributed by atoms with van der Waals surface area (Å²) in [4.78, 5) is 4.32. The van der Waals surface area contributed by atoms with Crippen LogP contribution in [-0.2, 0) is 0 Å². The Morgan fingerprint density at radius 3 is 2.68 bits per heavy atom. The van der Waals surface area contributed by atoms with Gasteiger partial charge in [0.2, 0.25) is 0 Å². The molecule has 0 radical (unpaired) electrons. The molecule has 0 aliphatic carbocycles. The third kappa shape index (κ3) is 3.55. The van der Waals surface area contributed by atoms with Crippen LogP contribution in [0.4, 0.5) is 0 Å². The van der Waals surface area contributed by atoms with Gasteiger partial charge < -0.3 is 0 Å². The highest BCUT2D eigenvalue weighted by atomic mass is 35.5. The molecule has 3 aromatic rings. The summed E-state index contributed by atoms with van der Waals surface area (Å²) < 4.78 is 0. The monoisotopic (exact) mass is 303 g/mol. The molecule has 0 atom stereocenters. The minimum Gasteiger partial charge on any atom is -0.280 e. The van der Waals surface area contributed by atoms with E-state index in [9.17, 15) is 0 Å². The molecule has 106 valence electrons. The molecule has 0 N–H and O–H groups in total. The molecule has 22 heavy (non-hydrogen) atoms. The van der Waals surface area contributed by atoms with Crippen LogP contribution in [0, 0.1) is 11.8 Å². The number of halogens is 1. The number of aliphatic imine (C=N–C) groups is 1. The van der Waals surface area contributed by atoms with E-state index in [2.05, 4.69) is 35.0 Å². The van der Waals surface area contributed by atoms with Gasteiger partial charge in [0.15, 0.2) is 0 Å². The highest BCUT2D eigenvalue weighted by Gasteiger charge is 1.95. The van der Waals surface area contributed by atoms with Crippen molar-refractivity contribution in [2.24, 2.45) is 4.99 Å². The Balaban J connectivity index is 1.73. The maximum absolute atomic E-state index is 5.93. The van der Waals surface area contributed by atoms with Gasteiger partial charge in [-0.1, -0.05) is 72.0 Å². The zero-order valence-corrected chi connectivity index (χ0v) is 12.7. The molecule has 0 saturated heterocycles. The van der Waals surface area contributed by atoms with Gasteiger partial charge in [-0.15, -0.1) is 0 Å². The summed E-state index contributed by atoms with van der Waals surface area (Å²) in [5.74, 6) is 6.29. The molecule has 2 heteroatoms. The Hall–Kier alpha value is -2.56. The normalized spacial score (nSPS) is 10.6. The van der Waals surface area contributed by atoms with E-state index < -0.39 is 0 Å². The molecule has 0 aromatic heterocycles. The minimum absolute atomic E-state index is 0.468.